The minimum absolute atomic E-state index is 0.161. The van der Waals surface area contributed by atoms with Crippen molar-refractivity contribution in [3.63, 3.8) is 0 Å². The molecular weight excluding hydrogens is 304 g/mol. The molecule has 0 radical (unpaired) electrons. The molecule has 1 N–H and O–H groups in total. The van der Waals surface area contributed by atoms with Gasteiger partial charge < -0.3 is 9.47 Å². The molecule has 2 aromatic rings. The van der Waals surface area contributed by atoms with Crippen molar-refractivity contribution in [2.24, 2.45) is 5.10 Å². The van der Waals surface area contributed by atoms with Crippen LogP contribution in [0.15, 0.2) is 58.5 Å². The molecule has 0 amide bonds. The van der Waals surface area contributed by atoms with Gasteiger partial charge in [0.1, 0.15) is 13.2 Å². The monoisotopic (exact) mass is 318 g/mol. The van der Waals surface area contributed by atoms with E-state index in [9.17, 15) is 8.42 Å². The van der Waals surface area contributed by atoms with E-state index in [1.165, 1.54) is 18.3 Å². The van der Waals surface area contributed by atoms with Crippen molar-refractivity contribution in [3.8, 4) is 11.5 Å². The van der Waals surface area contributed by atoms with Crippen molar-refractivity contribution in [1.29, 1.82) is 0 Å². The molecule has 0 aromatic heterocycles. The highest BCUT2D eigenvalue weighted by Gasteiger charge is 2.12. The third-order valence-corrected chi connectivity index (χ3v) is 4.24. The number of ether oxygens (including phenoxy) is 2. The lowest BCUT2D eigenvalue weighted by molar-refractivity contribution is 0.171. The van der Waals surface area contributed by atoms with E-state index < -0.39 is 10.0 Å². The standard InChI is InChI=1S/C15H14N2O4S/c18-22(19,13-4-2-1-3-5-13)17-16-11-12-6-7-14-15(10-12)21-9-8-20-14/h1-7,10-11,17H,8-9H2. The number of sulfonamides is 1. The van der Waals surface area contributed by atoms with Crippen molar-refractivity contribution < 1.29 is 17.9 Å². The van der Waals surface area contributed by atoms with Crippen LogP contribution in [-0.4, -0.2) is 27.8 Å². The van der Waals surface area contributed by atoms with Crippen LogP contribution >= 0.6 is 0 Å². The molecule has 0 fully saturated rings. The molecule has 0 spiro atoms. The van der Waals surface area contributed by atoms with Crippen LogP contribution < -0.4 is 14.3 Å². The Balaban J connectivity index is 1.72. The number of nitrogens with one attached hydrogen (secondary N) is 1. The summed E-state index contributed by atoms with van der Waals surface area (Å²) >= 11 is 0. The van der Waals surface area contributed by atoms with Crippen LogP contribution in [0.2, 0.25) is 0 Å². The Morgan fingerprint density at radius 2 is 1.73 bits per heavy atom. The van der Waals surface area contributed by atoms with Gasteiger partial charge in [-0.25, -0.2) is 4.83 Å². The van der Waals surface area contributed by atoms with Crippen LogP contribution in [0.4, 0.5) is 0 Å². The molecule has 22 heavy (non-hydrogen) atoms. The van der Waals surface area contributed by atoms with Crippen molar-refractivity contribution in [1.82, 2.24) is 4.83 Å². The van der Waals surface area contributed by atoms with E-state index >= 15 is 0 Å². The molecule has 0 aliphatic carbocycles. The molecule has 0 bridgehead atoms. The highest BCUT2D eigenvalue weighted by molar-refractivity contribution is 7.89. The summed E-state index contributed by atoms with van der Waals surface area (Å²) in [6.45, 7) is 1.02. The molecule has 0 saturated carbocycles. The zero-order chi connectivity index (χ0) is 15.4. The highest BCUT2D eigenvalue weighted by Crippen LogP contribution is 2.30. The molecule has 0 saturated heterocycles. The van der Waals surface area contributed by atoms with Gasteiger partial charge in [0.05, 0.1) is 11.1 Å². The topological polar surface area (TPSA) is 77.0 Å². The number of hydrogen-bond acceptors (Lipinski definition) is 5. The predicted octanol–water partition coefficient (Wildman–Crippen LogP) is 1.77. The lowest BCUT2D eigenvalue weighted by Crippen LogP contribution is -2.18. The molecular formula is C15H14N2O4S. The van der Waals surface area contributed by atoms with Gasteiger partial charge >= 0.3 is 0 Å². The Morgan fingerprint density at radius 1 is 1.00 bits per heavy atom. The van der Waals surface area contributed by atoms with E-state index in [0.29, 0.717) is 30.3 Å². The minimum Gasteiger partial charge on any atom is -0.486 e. The summed E-state index contributed by atoms with van der Waals surface area (Å²) in [6, 6.07) is 13.3. The number of rotatable bonds is 4. The molecule has 6 nitrogen and oxygen atoms in total. The number of benzene rings is 2. The van der Waals surface area contributed by atoms with Crippen molar-refractivity contribution in [2.75, 3.05) is 13.2 Å². The molecule has 1 aliphatic rings. The molecule has 1 heterocycles. The zero-order valence-corrected chi connectivity index (χ0v) is 12.4. The number of hydrazone groups is 1. The average molecular weight is 318 g/mol. The maximum Gasteiger partial charge on any atom is 0.276 e. The summed E-state index contributed by atoms with van der Waals surface area (Å²) in [7, 11) is -3.65. The number of nitrogens with zero attached hydrogens (tertiary/aromatic N) is 1. The van der Waals surface area contributed by atoms with Gasteiger partial charge in [0, 0.05) is 0 Å². The minimum atomic E-state index is -3.65. The Morgan fingerprint density at radius 3 is 2.50 bits per heavy atom. The smallest absolute Gasteiger partial charge is 0.276 e. The molecule has 2 aromatic carbocycles. The summed E-state index contributed by atoms with van der Waals surface area (Å²) in [5.74, 6) is 1.30. The first-order valence-corrected chi connectivity index (χ1v) is 8.13. The fourth-order valence-corrected chi connectivity index (χ4v) is 2.78. The highest BCUT2D eigenvalue weighted by atomic mass is 32.2. The first-order chi connectivity index (χ1) is 10.6. The van der Waals surface area contributed by atoms with Gasteiger partial charge in [-0.05, 0) is 35.9 Å². The van der Waals surface area contributed by atoms with Crippen LogP contribution in [0, 0.1) is 0 Å². The average Bonchev–Trinajstić information content (AvgIpc) is 2.55. The van der Waals surface area contributed by atoms with Crippen LogP contribution in [0.5, 0.6) is 11.5 Å². The maximum absolute atomic E-state index is 12.0. The van der Waals surface area contributed by atoms with Crippen molar-refractivity contribution in [3.05, 3.63) is 54.1 Å². The first kappa shape index (κ1) is 14.4. The lowest BCUT2D eigenvalue weighted by atomic mass is 10.2. The third-order valence-electron chi connectivity index (χ3n) is 3.01. The van der Waals surface area contributed by atoms with Gasteiger partial charge in [0.2, 0.25) is 0 Å². The van der Waals surface area contributed by atoms with Crippen LogP contribution in [0.3, 0.4) is 0 Å². The fourth-order valence-electron chi connectivity index (χ4n) is 1.96. The van der Waals surface area contributed by atoms with Gasteiger partial charge in [-0.3, -0.25) is 0 Å². The third kappa shape index (κ3) is 3.20. The SMILES string of the molecule is O=S(=O)(NN=Cc1ccc2c(c1)OCCO2)c1ccccc1. The van der Waals surface area contributed by atoms with Gasteiger partial charge in [-0.15, -0.1) is 0 Å². The van der Waals surface area contributed by atoms with E-state index in [1.807, 2.05) is 0 Å². The zero-order valence-electron chi connectivity index (χ0n) is 11.6. The second-order valence-corrected chi connectivity index (χ2v) is 6.23. The molecule has 3 rings (SSSR count). The number of hydrogen-bond donors (Lipinski definition) is 1. The van der Waals surface area contributed by atoms with Gasteiger partial charge in [0.15, 0.2) is 11.5 Å². The lowest BCUT2D eigenvalue weighted by Gasteiger charge is -2.18. The van der Waals surface area contributed by atoms with Crippen LogP contribution in [0.25, 0.3) is 0 Å². The van der Waals surface area contributed by atoms with Crippen LogP contribution in [-0.2, 0) is 10.0 Å². The second-order valence-electron chi connectivity index (χ2n) is 4.57. The normalized spacial score (nSPS) is 14.0. The molecule has 7 heteroatoms. The van der Waals surface area contributed by atoms with E-state index in [2.05, 4.69) is 9.93 Å². The van der Waals surface area contributed by atoms with E-state index in [1.54, 1.807) is 36.4 Å². The fraction of sp³-hybridized carbons (Fsp3) is 0.133. The summed E-state index contributed by atoms with van der Waals surface area (Å²) < 4.78 is 34.8. The van der Waals surface area contributed by atoms with Crippen LogP contribution in [0.1, 0.15) is 5.56 Å². The van der Waals surface area contributed by atoms with Gasteiger partial charge in [0.25, 0.3) is 10.0 Å². The summed E-state index contributed by atoms with van der Waals surface area (Å²) in [5.41, 5.74) is 0.708. The predicted molar refractivity (Wildman–Crippen MR) is 81.8 cm³/mol. The largest absolute Gasteiger partial charge is 0.486 e. The van der Waals surface area contributed by atoms with E-state index in [0.717, 1.165) is 0 Å². The Labute approximate surface area is 128 Å². The Bertz CT molecular complexity index is 788. The van der Waals surface area contributed by atoms with Crippen molar-refractivity contribution in [2.45, 2.75) is 4.90 Å². The first-order valence-electron chi connectivity index (χ1n) is 6.65. The Kier molecular flexibility index (Phi) is 3.97. The summed E-state index contributed by atoms with van der Waals surface area (Å²) in [6.07, 6.45) is 1.42. The molecule has 1 aliphatic heterocycles. The van der Waals surface area contributed by atoms with E-state index in [4.69, 9.17) is 9.47 Å². The molecule has 0 unspecified atom stereocenters. The Hall–Kier alpha value is -2.54. The molecule has 114 valence electrons. The summed E-state index contributed by atoms with van der Waals surface area (Å²) in [4.78, 5) is 2.33. The quantitative estimate of drug-likeness (QED) is 0.688. The number of fused-ring (bicyclic) bond motifs is 1. The summed E-state index contributed by atoms with van der Waals surface area (Å²) in [5, 5.41) is 3.78. The van der Waals surface area contributed by atoms with E-state index in [-0.39, 0.29) is 4.90 Å². The van der Waals surface area contributed by atoms with Crippen molar-refractivity contribution >= 4 is 16.2 Å². The van der Waals surface area contributed by atoms with Gasteiger partial charge in [-0.2, -0.15) is 13.5 Å². The molecule has 0 atom stereocenters. The maximum atomic E-state index is 12.0. The second kappa shape index (κ2) is 6.07. The van der Waals surface area contributed by atoms with Gasteiger partial charge in [-0.1, -0.05) is 18.2 Å².